The number of fused-ring (bicyclic) bond motifs is 1. The van der Waals surface area contributed by atoms with Crippen molar-refractivity contribution in [3.05, 3.63) is 65.7 Å². The minimum atomic E-state index is -4.55. The lowest BCUT2D eigenvalue weighted by atomic mass is 10.0. The molecule has 0 radical (unpaired) electrons. The van der Waals surface area contributed by atoms with Gasteiger partial charge in [-0.2, -0.15) is 18.3 Å². The van der Waals surface area contributed by atoms with Crippen LogP contribution in [0.2, 0.25) is 0 Å². The first-order valence-electron chi connectivity index (χ1n) is 9.27. The molecule has 158 valence electrons. The number of amides is 1. The Morgan fingerprint density at radius 2 is 2.17 bits per heavy atom. The first-order valence-corrected chi connectivity index (χ1v) is 9.27. The van der Waals surface area contributed by atoms with Crippen LogP contribution >= 0.6 is 0 Å². The number of furan rings is 1. The maximum absolute atomic E-state index is 13.7. The van der Waals surface area contributed by atoms with Crippen molar-refractivity contribution in [2.24, 2.45) is 0 Å². The predicted octanol–water partition coefficient (Wildman–Crippen LogP) is 4.44. The highest BCUT2D eigenvalue weighted by atomic mass is 19.4. The number of aliphatic hydroxyl groups is 1. The smallest absolute Gasteiger partial charge is 0.410 e. The van der Waals surface area contributed by atoms with Crippen molar-refractivity contribution in [1.82, 2.24) is 9.78 Å². The molecule has 3 atom stereocenters. The van der Waals surface area contributed by atoms with Gasteiger partial charge in [0.2, 0.25) is 0 Å². The third-order valence-electron chi connectivity index (χ3n) is 5.00. The summed E-state index contributed by atoms with van der Waals surface area (Å²) < 4.78 is 47.1. The number of nitrogens with zero attached hydrogens (tertiary/aromatic N) is 2. The quantitative estimate of drug-likeness (QED) is 0.580. The van der Waals surface area contributed by atoms with Crippen molar-refractivity contribution in [3.63, 3.8) is 0 Å². The molecule has 0 aliphatic carbocycles. The van der Waals surface area contributed by atoms with Gasteiger partial charge in [0, 0.05) is 12.1 Å². The first kappa shape index (κ1) is 20.0. The van der Waals surface area contributed by atoms with Crippen LogP contribution in [-0.4, -0.2) is 27.0 Å². The summed E-state index contributed by atoms with van der Waals surface area (Å²) in [6, 6.07) is 7.09. The molecule has 0 saturated carbocycles. The van der Waals surface area contributed by atoms with E-state index in [0.717, 1.165) is 10.9 Å². The summed E-state index contributed by atoms with van der Waals surface area (Å²) in [6.45, 7) is 1.59. The molecule has 3 N–H and O–H groups in total. The van der Waals surface area contributed by atoms with E-state index >= 15 is 0 Å². The van der Waals surface area contributed by atoms with Gasteiger partial charge in [-0.05, 0) is 36.8 Å². The molecule has 0 saturated heterocycles. The molecular formula is C20H19F3N4O3. The van der Waals surface area contributed by atoms with E-state index in [1.165, 1.54) is 6.26 Å². The minimum absolute atomic E-state index is 0.0250. The second kappa shape index (κ2) is 7.52. The molecule has 0 unspecified atom stereocenters. The van der Waals surface area contributed by atoms with Gasteiger partial charge in [-0.3, -0.25) is 4.79 Å². The number of rotatable bonds is 4. The minimum Gasteiger partial charge on any atom is -0.467 e. The highest BCUT2D eigenvalue weighted by Gasteiger charge is 2.47. The fourth-order valence-corrected chi connectivity index (χ4v) is 3.48. The van der Waals surface area contributed by atoms with Gasteiger partial charge in [0.25, 0.3) is 5.91 Å². The van der Waals surface area contributed by atoms with Crippen molar-refractivity contribution in [3.8, 4) is 0 Å². The number of alkyl halides is 3. The molecule has 1 aromatic carbocycles. The molecule has 0 bridgehead atoms. The van der Waals surface area contributed by atoms with Crippen LogP contribution in [0, 0.1) is 0 Å². The Morgan fingerprint density at radius 1 is 1.37 bits per heavy atom. The molecule has 0 fully saturated rings. The van der Waals surface area contributed by atoms with Gasteiger partial charge in [0.05, 0.1) is 24.6 Å². The normalized spacial score (nSPS) is 19.6. The number of carbonyl (C=O) groups excluding carboxylic acids is 1. The Hall–Kier alpha value is -3.27. The lowest BCUT2D eigenvalue weighted by molar-refractivity contribution is -0.174. The third-order valence-corrected chi connectivity index (χ3v) is 5.00. The number of halogens is 3. The second-order valence-corrected chi connectivity index (χ2v) is 7.11. The second-order valence-electron chi connectivity index (χ2n) is 7.11. The molecule has 2 aromatic heterocycles. The summed E-state index contributed by atoms with van der Waals surface area (Å²) in [6.07, 6.45) is -3.10. The molecule has 0 spiro atoms. The van der Waals surface area contributed by atoms with E-state index in [4.69, 9.17) is 4.42 Å². The van der Waals surface area contributed by atoms with Gasteiger partial charge in [-0.1, -0.05) is 12.1 Å². The maximum Gasteiger partial charge on any atom is 0.410 e. The summed E-state index contributed by atoms with van der Waals surface area (Å²) in [7, 11) is 0. The van der Waals surface area contributed by atoms with Crippen LogP contribution in [0.4, 0.5) is 24.7 Å². The third kappa shape index (κ3) is 3.78. The standard InChI is InChI=1S/C20H19F3N4O3/c1-11(28)12-4-2-5-13(8-12)25-19(29)14-10-24-27-17(20(21,22)23)9-15(26-18(14)27)16-6-3-7-30-16/h2-8,10-11,15,17,26,28H,9H2,1H3,(H,25,29)/t11-,15-,17+/m0/s1. The Kier molecular flexibility index (Phi) is 5.02. The number of hydrogen-bond donors (Lipinski definition) is 3. The van der Waals surface area contributed by atoms with Crippen molar-refractivity contribution in [1.29, 1.82) is 0 Å². The predicted molar refractivity (Wildman–Crippen MR) is 102 cm³/mol. The zero-order valence-corrected chi connectivity index (χ0v) is 15.8. The summed E-state index contributed by atoms with van der Waals surface area (Å²) in [5.41, 5.74) is 0.977. The van der Waals surface area contributed by atoms with E-state index in [1.807, 2.05) is 0 Å². The van der Waals surface area contributed by atoms with E-state index in [0.29, 0.717) is 17.0 Å². The average molecular weight is 420 g/mol. The SMILES string of the molecule is C[C@H](O)c1cccc(NC(=O)c2cnn3c2N[C@H](c2ccco2)C[C@@H]3C(F)(F)F)c1. The van der Waals surface area contributed by atoms with E-state index in [2.05, 4.69) is 15.7 Å². The molecular weight excluding hydrogens is 401 g/mol. The molecule has 30 heavy (non-hydrogen) atoms. The lowest BCUT2D eigenvalue weighted by Crippen LogP contribution is -2.36. The zero-order valence-electron chi connectivity index (χ0n) is 15.8. The number of hydrogen-bond acceptors (Lipinski definition) is 5. The van der Waals surface area contributed by atoms with E-state index in [1.54, 1.807) is 43.3 Å². The summed E-state index contributed by atoms with van der Waals surface area (Å²) in [5, 5.41) is 19.1. The van der Waals surface area contributed by atoms with Gasteiger partial charge in [-0.15, -0.1) is 0 Å². The lowest BCUT2D eigenvalue weighted by Gasteiger charge is -2.32. The Bertz CT molecular complexity index is 1040. The largest absolute Gasteiger partial charge is 0.467 e. The van der Waals surface area contributed by atoms with Gasteiger partial charge in [0.15, 0.2) is 6.04 Å². The van der Waals surface area contributed by atoms with Crippen LogP contribution in [0.15, 0.2) is 53.3 Å². The van der Waals surface area contributed by atoms with Gasteiger partial charge in [0.1, 0.15) is 17.1 Å². The van der Waals surface area contributed by atoms with Crippen molar-refractivity contribution < 1.29 is 27.5 Å². The van der Waals surface area contributed by atoms with E-state index in [-0.39, 0.29) is 17.8 Å². The number of nitrogens with one attached hydrogen (secondary N) is 2. The summed E-state index contributed by atoms with van der Waals surface area (Å²) in [5.74, 6) is -0.311. The molecule has 3 heterocycles. The number of aromatic nitrogens is 2. The molecule has 1 aliphatic heterocycles. The number of aliphatic hydroxyl groups excluding tert-OH is 1. The molecule has 1 amide bonds. The van der Waals surface area contributed by atoms with Crippen LogP contribution in [0.5, 0.6) is 0 Å². The summed E-state index contributed by atoms with van der Waals surface area (Å²) in [4.78, 5) is 12.8. The van der Waals surface area contributed by atoms with Gasteiger partial charge >= 0.3 is 6.18 Å². The van der Waals surface area contributed by atoms with Gasteiger partial charge < -0.3 is 20.2 Å². The maximum atomic E-state index is 13.7. The van der Waals surface area contributed by atoms with E-state index < -0.39 is 30.3 Å². The monoisotopic (exact) mass is 420 g/mol. The zero-order chi connectivity index (χ0) is 21.5. The fourth-order valence-electron chi connectivity index (χ4n) is 3.48. The van der Waals surface area contributed by atoms with Crippen LogP contribution in [0.25, 0.3) is 0 Å². The van der Waals surface area contributed by atoms with E-state index in [9.17, 15) is 23.1 Å². The van der Waals surface area contributed by atoms with Crippen LogP contribution < -0.4 is 10.6 Å². The number of anilines is 2. The van der Waals surface area contributed by atoms with Crippen molar-refractivity contribution in [2.45, 2.75) is 37.7 Å². The Labute approximate surface area is 169 Å². The highest BCUT2D eigenvalue weighted by Crippen LogP contribution is 2.44. The molecule has 7 nitrogen and oxygen atoms in total. The average Bonchev–Trinajstić information content (AvgIpc) is 3.36. The van der Waals surface area contributed by atoms with Crippen LogP contribution in [0.1, 0.15) is 53.2 Å². The number of benzene rings is 1. The topological polar surface area (TPSA) is 92.3 Å². The fraction of sp³-hybridized carbons (Fsp3) is 0.300. The molecule has 3 aromatic rings. The van der Waals surface area contributed by atoms with Crippen LogP contribution in [0.3, 0.4) is 0 Å². The Morgan fingerprint density at radius 3 is 2.83 bits per heavy atom. The van der Waals surface area contributed by atoms with Crippen LogP contribution in [-0.2, 0) is 0 Å². The molecule has 4 rings (SSSR count). The molecule has 10 heteroatoms. The summed E-state index contributed by atoms with van der Waals surface area (Å²) >= 11 is 0. The first-order chi connectivity index (χ1) is 14.2. The Balaban J connectivity index is 1.66. The molecule has 1 aliphatic rings. The van der Waals surface area contributed by atoms with Crippen molar-refractivity contribution >= 4 is 17.4 Å². The van der Waals surface area contributed by atoms with Gasteiger partial charge in [-0.25, -0.2) is 4.68 Å². The number of carbonyl (C=O) groups is 1. The highest BCUT2D eigenvalue weighted by molar-refractivity contribution is 6.07. The van der Waals surface area contributed by atoms with Crippen molar-refractivity contribution in [2.75, 3.05) is 10.6 Å².